The molecule has 1 N–H and O–H groups in total. The summed E-state index contributed by atoms with van der Waals surface area (Å²) in [6.07, 6.45) is 0. The van der Waals surface area contributed by atoms with Gasteiger partial charge in [0.2, 0.25) is 0 Å². The number of nitrogens with one attached hydrogen (secondary N) is 1. The summed E-state index contributed by atoms with van der Waals surface area (Å²) in [6.45, 7) is 1.01. The Labute approximate surface area is 193 Å². The predicted molar refractivity (Wildman–Crippen MR) is 129 cm³/mol. The maximum atomic E-state index is 6.51. The summed E-state index contributed by atoms with van der Waals surface area (Å²) in [4.78, 5) is 0. The van der Waals surface area contributed by atoms with E-state index < -0.39 is 0 Å². The van der Waals surface area contributed by atoms with Gasteiger partial charge in [0, 0.05) is 12.2 Å². The minimum absolute atomic E-state index is 0.423. The highest BCUT2D eigenvalue weighted by Crippen LogP contribution is 2.37. The Bertz CT molecular complexity index is 1130. The van der Waals surface area contributed by atoms with Gasteiger partial charge >= 0.3 is 0 Å². The number of hydrogen-bond donors (Lipinski definition) is 1. The van der Waals surface area contributed by atoms with E-state index in [9.17, 15) is 0 Å². The first-order valence-corrected chi connectivity index (χ1v) is 10.7. The van der Waals surface area contributed by atoms with Gasteiger partial charge in [-0.1, -0.05) is 60.1 Å². The van der Waals surface area contributed by atoms with Gasteiger partial charge in [0.1, 0.15) is 18.1 Å². The van der Waals surface area contributed by atoms with Crippen molar-refractivity contribution < 1.29 is 14.2 Å². The van der Waals surface area contributed by atoms with Gasteiger partial charge in [-0.05, 0) is 59.7 Å². The van der Waals surface area contributed by atoms with E-state index in [-0.39, 0.29) is 0 Å². The van der Waals surface area contributed by atoms with Gasteiger partial charge in [0.05, 0.1) is 12.1 Å². The molecule has 0 heterocycles. The van der Waals surface area contributed by atoms with Gasteiger partial charge in [0.25, 0.3) is 0 Å². The second-order valence-corrected chi connectivity index (χ2v) is 7.58. The molecule has 0 bridgehead atoms. The van der Waals surface area contributed by atoms with Crippen LogP contribution in [0.25, 0.3) is 0 Å². The van der Waals surface area contributed by atoms with Crippen LogP contribution in [-0.2, 0) is 13.2 Å². The molecule has 5 heteroatoms. The molecule has 0 amide bonds. The largest absolute Gasteiger partial charge is 0.493 e. The van der Waals surface area contributed by atoms with E-state index in [0.29, 0.717) is 29.7 Å². The molecule has 4 rings (SSSR count). The van der Waals surface area contributed by atoms with Crippen molar-refractivity contribution in [2.24, 2.45) is 0 Å². The Kier molecular flexibility index (Phi) is 7.15. The van der Waals surface area contributed by atoms with Gasteiger partial charge in [-0.25, -0.2) is 0 Å². The first-order valence-electron chi connectivity index (χ1n) is 10.3. The predicted octanol–water partition coefficient (Wildman–Crippen LogP) is 7.33. The summed E-state index contributed by atoms with van der Waals surface area (Å²) in [6, 6.07) is 31.3. The van der Waals surface area contributed by atoms with Crippen molar-refractivity contribution in [3.8, 4) is 23.0 Å². The summed E-state index contributed by atoms with van der Waals surface area (Å²) < 4.78 is 17.3. The molecule has 0 unspecified atom stereocenters. The van der Waals surface area contributed by atoms with Gasteiger partial charge in [-0.2, -0.15) is 0 Å². The molecular formula is C27H24ClNO3. The molecule has 0 aromatic heterocycles. The smallest absolute Gasteiger partial charge is 0.180 e. The lowest BCUT2D eigenvalue weighted by molar-refractivity contribution is 0.284. The van der Waals surface area contributed by atoms with E-state index in [0.717, 1.165) is 28.3 Å². The Morgan fingerprint density at radius 1 is 0.750 bits per heavy atom. The third-order valence-corrected chi connectivity index (χ3v) is 5.13. The van der Waals surface area contributed by atoms with Crippen LogP contribution in [0.3, 0.4) is 0 Å². The highest BCUT2D eigenvalue weighted by Gasteiger charge is 2.12. The van der Waals surface area contributed by atoms with Gasteiger partial charge in [-0.15, -0.1) is 0 Å². The second kappa shape index (κ2) is 10.6. The molecule has 32 heavy (non-hydrogen) atoms. The van der Waals surface area contributed by atoms with Crippen molar-refractivity contribution >= 4 is 17.3 Å². The van der Waals surface area contributed by atoms with E-state index in [1.165, 1.54) is 0 Å². The summed E-state index contributed by atoms with van der Waals surface area (Å²) in [5.41, 5.74) is 3.03. The summed E-state index contributed by atoms with van der Waals surface area (Å²) >= 11 is 6.51. The van der Waals surface area contributed by atoms with Crippen molar-refractivity contribution in [1.82, 2.24) is 0 Å². The number of anilines is 1. The molecule has 0 radical (unpaired) electrons. The average molecular weight is 446 g/mol. The SMILES string of the molecule is COc1cc(CNc2ccc(Oc3ccccc3)cc2)cc(Cl)c1OCc1ccccc1. The zero-order chi connectivity index (χ0) is 22.2. The molecule has 0 fully saturated rings. The number of hydrogen-bond acceptors (Lipinski definition) is 4. The molecule has 4 aromatic carbocycles. The van der Waals surface area contributed by atoms with Crippen LogP contribution in [0.15, 0.2) is 97.1 Å². The lowest BCUT2D eigenvalue weighted by Crippen LogP contribution is -2.02. The molecule has 0 aliphatic heterocycles. The van der Waals surface area contributed by atoms with Crippen molar-refractivity contribution in [2.45, 2.75) is 13.2 Å². The van der Waals surface area contributed by atoms with Crippen LogP contribution >= 0.6 is 11.6 Å². The topological polar surface area (TPSA) is 39.7 Å². The number of halogens is 1. The molecule has 4 aromatic rings. The third-order valence-electron chi connectivity index (χ3n) is 4.85. The van der Waals surface area contributed by atoms with Crippen molar-refractivity contribution in [3.63, 3.8) is 0 Å². The number of para-hydroxylation sites is 1. The lowest BCUT2D eigenvalue weighted by atomic mass is 10.2. The quantitative estimate of drug-likeness (QED) is 0.292. The summed E-state index contributed by atoms with van der Waals surface area (Å²) in [5.74, 6) is 2.75. The highest BCUT2D eigenvalue weighted by molar-refractivity contribution is 6.32. The Balaban J connectivity index is 1.38. The van der Waals surface area contributed by atoms with E-state index in [1.807, 2.05) is 97.1 Å². The minimum atomic E-state index is 0.423. The first kappa shape index (κ1) is 21.6. The normalized spacial score (nSPS) is 10.4. The van der Waals surface area contributed by atoms with Crippen molar-refractivity contribution in [1.29, 1.82) is 0 Å². The standard InChI is InChI=1S/C27H24ClNO3/c1-30-26-17-21(16-25(28)27(26)31-19-20-8-4-2-5-9-20)18-29-22-12-14-24(15-13-22)32-23-10-6-3-7-11-23/h2-17,29H,18-19H2,1H3. The number of ether oxygens (including phenoxy) is 3. The van der Waals surface area contributed by atoms with E-state index in [2.05, 4.69) is 5.32 Å². The van der Waals surface area contributed by atoms with Crippen LogP contribution in [0.2, 0.25) is 5.02 Å². The fourth-order valence-electron chi connectivity index (χ4n) is 3.21. The molecule has 0 spiro atoms. The van der Waals surface area contributed by atoms with Crippen LogP contribution < -0.4 is 19.5 Å². The number of methoxy groups -OCH3 is 1. The maximum absolute atomic E-state index is 6.51. The third kappa shape index (κ3) is 5.74. The first-order chi connectivity index (χ1) is 15.7. The van der Waals surface area contributed by atoms with Gasteiger partial charge in [0.15, 0.2) is 11.5 Å². The zero-order valence-electron chi connectivity index (χ0n) is 17.8. The summed E-state index contributed by atoms with van der Waals surface area (Å²) in [7, 11) is 1.61. The van der Waals surface area contributed by atoms with Crippen LogP contribution in [0.5, 0.6) is 23.0 Å². The molecule has 0 atom stereocenters. The van der Waals surface area contributed by atoms with E-state index in [4.69, 9.17) is 25.8 Å². The molecule has 0 saturated carbocycles. The van der Waals surface area contributed by atoms with Crippen LogP contribution in [0.4, 0.5) is 5.69 Å². The highest BCUT2D eigenvalue weighted by atomic mass is 35.5. The zero-order valence-corrected chi connectivity index (χ0v) is 18.5. The lowest BCUT2D eigenvalue weighted by Gasteiger charge is -2.15. The molecule has 0 saturated heterocycles. The van der Waals surface area contributed by atoms with Crippen molar-refractivity contribution in [2.75, 3.05) is 12.4 Å². The van der Waals surface area contributed by atoms with E-state index >= 15 is 0 Å². The van der Waals surface area contributed by atoms with E-state index in [1.54, 1.807) is 7.11 Å². The maximum Gasteiger partial charge on any atom is 0.180 e. The number of benzene rings is 4. The van der Waals surface area contributed by atoms with Gasteiger partial charge in [-0.3, -0.25) is 0 Å². The Morgan fingerprint density at radius 2 is 1.41 bits per heavy atom. The molecule has 162 valence electrons. The summed E-state index contributed by atoms with van der Waals surface area (Å²) in [5, 5.41) is 3.91. The minimum Gasteiger partial charge on any atom is -0.493 e. The fraction of sp³-hybridized carbons (Fsp3) is 0.111. The molecule has 0 aliphatic carbocycles. The van der Waals surface area contributed by atoms with Gasteiger partial charge < -0.3 is 19.5 Å². The van der Waals surface area contributed by atoms with Crippen LogP contribution in [-0.4, -0.2) is 7.11 Å². The van der Waals surface area contributed by atoms with Crippen LogP contribution in [0, 0.1) is 0 Å². The fourth-order valence-corrected chi connectivity index (χ4v) is 3.50. The Morgan fingerprint density at radius 3 is 2.09 bits per heavy atom. The second-order valence-electron chi connectivity index (χ2n) is 7.18. The monoisotopic (exact) mass is 445 g/mol. The number of rotatable bonds is 9. The molecule has 4 nitrogen and oxygen atoms in total. The average Bonchev–Trinajstić information content (AvgIpc) is 2.84. The molecular weight excluding hydrogens is 422 g/mol. The van der Waals surface area contributed by atoms with Crippen molar-refractivity contribution in [3.05, 3.63) is 113 Å². The Hall–Kier alpha value is -3.63. The molecule has 0 aliphatic rings. The van der Waals surface area contributed by atoms with Crippen LogP contribution in [0.1, 0.15) is 11.1 Å².